The summed E-state index contributed by atoms with van der Waals surface area (Å²) in [6, 6.07) is 0. The number of unbranched alkanes of at least 4 members (excludes halogenated alkanes) is 18. The highest BCUT2D eigenvalue weighted by Gasteiger charge is 2.19. The highest BCUT2D eigenvalue weighted by Crippen LogP contribution is 2.13. The van der Waals surface area contributed by atoms with Crippen molar-refractivity contribution in [2.75, 3.05) is 13.2 Å². The van der Waals surface area contributed by atoms with E-state index in [1.54, 1.807) is 0 Å². The lowest BCUT2D eigenvalue weighted by Crippen LogP contribution is -2.30. The summed E-state index contributed by atoms with van der Waals surface area (Å²) in [5, 5.41) is 0. The molecule has 0 rings (SSSR count). The van der Waals surface area contributed by atoms with Crippen molar-refractivity contribution in [1.29, 1.82) is 0 Å². The van der Waals surface area contributed by atoms with Gasteiger partial charge in [0.05, 0.1) is 0 Å². The van der Waals surface area contributed by atoms with E-state index in [2.05, 4.69) is 142 Å². The first kappa shape index (κ1) is 64.8. The van der Waals surface area contributed by atoms with Gasteiger partial charge in [0.1, 0.15) is 13.2 Å². The summed E-state index contributed by atoms with van der Waals surface area (Å²) in [5.74, 6) is -1.00. The minimum atomic E-state index is -0.820. The molecule has 0 radical (unpaired) electrons. The number of allylic oxidation sites excluding steroid dienone is 20. The average Bonchev–Trinajstić information content (AvgIpc) is 3.35. The van der Waals surface area contributed by atoms with Gasteiger partial charge in [-0.3, -0.25) is 14.4 Å². The Kier molecular flexibility index (Phi) is 53.0. The molecule has 6 nitrogen and oxygen atoms in total. The maximum atomic E-state index is 12.8. The van der Waals surface area contributed by atoms with Crippen LogP contribution in [-0.4, -0.2) is 37.2 Å². The normalized spacial score (nSPS) is 13.0. The van der Waals surface area contributed by atoms with Gasteiger partial charge in [0.25, 0.3) is 0 Å². The largest absolute Gasteiger partial charge is 0.462 e. The molecule has 0 aliphatic carbocycles. The lowest BCUT2D eigenvalue weighted by atomic mass is 10.1. The molecule has 0 aromatic rings. The Balaban J connectivity index is 4.54. The lowest BCUT2D eigenvalue weighted by Gasteiger charge is -2.18. The van der Waals surface area contributed by atoms with Crippen LogP contribution in [0.2, 0.25) is 0 Å². The van der Waals surface area contributed by atoms with Crippen molar-refractivity contribution in [2.24, 2.45) is 0 Å². The molecule has 1 atom stereocenters. The molecule has 0 aromatic heterocycles. The molecule has 0 saturated heterocycles. The zero-order chi connectivity index (χ0) is 50.0. The molecule has 6 heteroatoms. The fraction of sp³-hybridized carbons (Fsp3) is 0.635. The molecule has 69 heavy (non-hydrogen) atoms. The second-order valence-electron chi connectivity index (χ2n) is 18.1. The van der Waals surface area contributed by atoms with Crippen LogP contribution in [0.4, 0.5) is 0 Å². The molecule has 0 heterocycles. The van der Waals surface area contributed by atoms with E-state index in [9.17, 15) is 14.4 Å². The lowest BCUT2D eigenvalue weighted by molar-refractivity contribution is -0.167. The summed E-state index contributed by atoms with van der Waals surface area (Å²) in [4.78, 5) is 38.1. The maximum absolute atomic E-state index is 12.8. The van der Waals surface area contributed by atoms with Gasteiger partial charge in [-0.1, -0.05) is 219 Å². The monoisotopic (exact) mass is 955 g/mol. The molecule has 0 aliphatic rings. The van der Waals surface area contributed by atoms with Gasteiger partial charge in [-0.05, 0) is 122 Å². The van der Waals surface area contributed by atoms with E-state index < -0.39 is 6.10 Å². The molecule has 0 aromatic carbocycles. The first-order chi connectivity index (χ1) is 34.0. The first-order valence-corrected chi connectivity index (χ1v) is 28.0. The molecule has 0 aliphatic heterocycles. The van der Waals surface area contributed by atoms with Crippen molar-refractivity contribution < 1.29 is 28.6 Å². The molecule has 1 unspecified atom stereocenters. The number of hydrogen-bond donors (Lipinski definition) is 0. The third-order valence-corrected chi connectivity index (χ3v) is 11.4. The number of carbonyl (C=O) groups excluding carboxylic acids is 3. The van der Waals surface area contributed by atoms with Crippen LogP contribution in [0.5, 0.6) is 0 Å². The van der Waals surface area contributed by atoms with Gasteiger partial charge < -0.3 is 14.2 Å². The fourth-order valence-corrected chi connectivity index (χ4v) is 7.29. The van der Waals surface area contributed by atoms with E-state index >= 15 is 0 Å². The molecular weight excluding hydrogens is 853 g/mol. The third-order valence-electron chi connectivity index (χ3n) is 11.4. The van der Waals surface area contributed by atoms with Crippen molar-refractivity contribution in [3.05, 3.63) is 122 Å². The van der Waals surface area contributed by atoms with Crippen LogP contribution in [0.25, 0.3) is 0 Å². The topological polar surface area (TPSA) is 78.9 Å². The van der Waals surface area contributed by atoms with Gasteiger partial charge in [-0.15, -0.1) is 0 Å². The van der Waals surface area contributed by atoms with Gasteiger partial charge in [0, 0.05) is 19.3 Å². The molecule has 0 bridgehead atoms. The highest BCUT2D eigenvalue weighted by atomic mass is 16.6. The number of carbonyl (C=O) groups is 3. The summed E-state index contributed by atoms with van der Waals surface area (Å²) in [6.45, 7) is 6.33. The van der Waals surface area contributed by atoms with Crippen molar-refractivity contribution in [3.8, 4) is 0 Å². The van der Waals surface area contributed by atoms with E-state index in [0.29, 0.717) is 12.8 Å². The maximum Gasteiger partial charge on any atom is 0.306 e. The molecular formula is C63H102O6. The van der Waals surface area contributed by atoms with Crippen LogP contribution in [0.3, 0.4) is 0 Å². The summed E-state index contributed by atoms with van der Waals surface area (Å²) in [5.41, 5.74) is 0. The quantitative estimate of drug-likeness (QED) is 0.0262. The summed E-state index contributed by atoms with van der Waals surface area (Å²) in [6.07, 6.45) is 77.6. The summed E-state index contributed by atoms with van der Waals surface area (Å²) in [7, 11) is 0. The summed E-state index contributed by atoms with van der Waals surface area (Å²) >= 11 is 0. The van der Waals surface area contributed by atoms with Gasteiger partial charge in [-0.25, -0.2) is 0 Å². The number of rotatable bonds is 49. The Morgan fingerprint density at radius 1 is 0.304 bits per heavy atom. The Morgan fingerprint density at radius 3 is 0.957 bits per heavy atom. The van der Waals surface area contributed by atoms with Crippen LogP contribution in [-0.2, 0) is 28.6 Å². The van der Waals surface area contributed by atoms with E-state index in [1.807, 2.05) is 0 Å². The molecule has 0 saturated carbocycles. The van der Waals surface area contributed by atoms with Gasteiger partial charge in [-0.2, -0.15) is 0 Å². The number of esters is 3. The minimum absolute atomic E-state index is 0.111. The molecule has 0 N–H and O–H groups in total. The van der Waals surface area contributed by atoms with E-state index in [4.69, 9.17) is 14.2 Å². The van der Waals surface area contributed by atoms with Crippen molar-refractivity contribution in [3.63, 3.8) is 0 Å². The van der Waals surface area contributed by atoms with Crippen LogP contribution >= 0.6 is 0 Å². The van der Waals surface area contributed by atoms with Crippen LogP contribution in [0.15, 0.2) is 122 Å². The number of ether oxygens (including phenoxy) is 3. The molecule has 390 valence electrons. The predicted molar refractivity (Wildman–Crippen MR) is 297 cm³/mol. The predicted octanol–water partition coefficient (Wildman–Crippen LogP) is 18.9. The second kappa shape index (κ2) is 56.4. The zero-order valence-electron chi connectivity index (χ0n) is 44.5. The van der Waals surface area contributed by atoms with E-state index in [-0.39, 0.29) is 44.0 Å². The van der Waals surface area contributed by atoms with Crippen molar-refractivity contribution >= 4 is 17.9 Å². The van der Waals surface area contributed by atoms with E-state index in [0.717, 1.165) is 116 Å². The molecule has 0 amide bonds. The highest BCUT2D eigenvalue weighted by molar-refractivity contribution is 5.71. The standard InChI is InChI=1S/C63H102O6/c1-4-7-10-13-16-19-22-25-28-31-34-37-40-43-46-49-52-55-61(64)67-58-60(69-63(66)57-54-51-48-45-42-39-36-33-30-27-24-21-18-15-12-9-6-3)59-68-62(65)56-53-50-47-44-41-38-35-32-29-26-23-20-17-14-11-8-5-2/h7,9-10,12,16,18-19,21,25-30,34,36-37,39,43,46,60H,4-6,8,11,13-15,17,20,22-24,31-33,35,38,40-42,44-45,47-59H2,1-3H3/b10-7-,12-9-,19-16-,21-18-,28-25-,29-26-,30-27-,37-34-,39-36-,46-43-. The Bertz CT molecular complexity index is 1470. The van der Waals surface area contributed by atoms with Gasteiger partial charge in [0.15, 0.2) is 6.10 Å². The summed E-state index contributed by atoms with van der Waals surface area (Å²) < 4.78 is 16.8. The van der Waals surface area contributed by atoms with Crippen LogP contribution in [0.1, 0.15) is 239 Å². The Labute approximate surface area is 424 Å². The van der Waals surface area contributed by atoms with Crippen molar-refractivity contribution in [1.82, 2.24) is 0 Å². The van der Waals surface area contributed by atoms with Crippen LogP contribution in [0, 0.1) is 0 Å². The molecule has 0 fully saturated rings. The van der Waals surface area contributed by atoms with E-state index in [1.165, 1.54) is 77.0 Å². The number of hydrogen-bond acceptors (Lipinski definition) is 6. The van der Waals surface area contributed by atoms with Gasteiger partial charge >= 0.3 is 17.9 Å². The van der Waals surface area contributed by atoms with Crippen LogP contribution < -0.4 is 0 Å². The Morgan fingerprint density at radius 2 is 0.580 bits per heavy atom. The second-order valence-corrected chi connectivity index (χ2v) is 18.1. The zero-order valence-corrected chi connectivity index (χ0v) is 44.5. The molecule has 0 spiro atoms. The third kappa shape index (κ3) is 54.6. The first-order valence-electron chi connectivity index (χ1n) is 28.0. The smallest absolute Gasteiger partial charge is 0.306 e. The van der Waals surface area contributed by atoms with Gasteiger partial charge in [0.2, 0.25) is 0 Å². The SMILES string of the molecule is CC/C=C\C/C=C\C/C=C\C/C=C\C/C=C\CCCC(=O)OCC(COC(=O)CCCCCCCCC/C=C\CCCCCCCC)OC(=O)CCCCCC/C=C\C/C=C\C/C=C\C/C=C\CC. The van der Waals surface area contributed by atoms with Crippen molar-refractivity contribution in [2.45, 2.75) is 245 Å². The fourth-order valence-electron chi connectivity index (χ4n) is 7.29. The Hall–Kier alpha value is -4.19. The minimum Gasteiger partial charge on any atom is -0.462 e. The average molecular weight is 956 g/mol.